The maximum Gasteiger partial charge on any atom is 0.309 e. The minimum Gasteiger partial charge on any atom is -0.481 e. The minimum atomic E-state index is -1.24. The molecule has 0 saturated carbocycles. The Labute approximate surface area is 117 Å². The molecule has 1 heterocycles. The van der Waals surface area contributed by atoms with Crippen LogP contribution in [0.2, 0.25) is 0 Å². The van der Waals surface area contributed by atoms with E-state index in [0.29, 0.717) is 0 Å². The second kappa shape index (κ2) is 5.07. The maximum absolute atomic E-state index is 12.3. The summed E-state index contributed by atoms with van der Waals surface area (Å²) in [5.74, 6) is -2.56. The summed E-state index contributed by atoms with van der Waals surface area (Å²) in [5, 5.41) is 9.20. The van der Waals surface area contributed by atoms with E-state index >= 15 is 0 Å². The first-order valence-electron chi connectivity index (χ1n) is 6.45. The molecular formula is C15H17NO4. The summed E-state index contributed by atoms with van der Waals surface area (Å²) in [5.41, 5.74) is -0.388. The van der Waals surface area contributed by atoms with Gasteiger partial charge in [-0.25, -0.2) is 0 Å². The van der Waals surface area contributed by atoms with E-state index in [1.807, 2.05) is 30.3 Å². The number of rotatable bonds is 4. The normalized spacial score (nSPS) is 19.5. The first-order valence-corrected chi connectivity index (χ1v) is 6.45. The number of benzene rings is 1. The molecule has 1 N–H and O–H groups in total. The van der Waals surface area contributed by atoms with Gasteiger partial charge in [-0.3, -0.25) is 19.3 Å². The van der Waals surface area contributed by atoms with E-state index in [9.17, 15) is 19.5 Å². The standard InChI is InChI=1S/C15H17NO4/c1-15(2,14(19)20)11-8-12(17)16(13(11)18)9-10-6-4-3-5-7-10/h3-7,11H,8-9H2,1-2H3,(H,19,20)/t11-/m0/s1. The van der Waals surface area contributed by atoms with Crippen molar-refractivity contribution in [3.63, 3.8) is 0 Å². The average molecular weight is 275 g/mol. The van der Waals surface area contributed by atoms with Crippen molar-refractivity contribution in [1.82, 2.24) is 4.90 Å². The van der Waals surface area contributed by atoms with E-state index in [0.717, 1.165) is 10.5 Å². The van der Waals surface area contributed by atoms with Gasteiger partial charge >= 0.3 is 5.97 Å². The lowest BCUT2D eigenvalue weighted by molar-refractivity contribution is -0.154. The molecule has 0 unspecified atom stereocenters. The van der Waals surface area contributed by atoms with Crippen molar-refractivity contribution in [3.05, 3.63) is 35.9 Å². The lowest BCUT2D eigenvalue weighted by Gasteiger charge is -2.25. The molecule has 0 radical (unpaired) electrons. The molecule has 1 aliphatic heterocycles. The molecule has 2 rings (SSSR count). The van der Waals surface area contributed by atoms with Crippen molar-refractivity contribution >= 4 is 17.8 Å². The molecule has 5 nitrogen and oxygen atoms in total. The number of hydrogen-bond acceptors (Lipinski definition) is 3. The fourth-order valence-electron chi connectivity index (χ4n) is 2.33. The van der Waals surface area contributed by atoms with Gasteiger partial charge in [0.25, 0.3) is 0 Å². The number of aliphatic carboxylic acids is 1. The molecule has 0 aromatic heterocycles. The number of carboxylic acid groups (broad SMARTS) is 1. The number of imide groups is 1. The van der Waals surface area contributed by atoms with Crippen LogP contribution in [0.15, 0.2) is 30.3 Å². The summed E-state index contributed by atoms with van der Waals surface area (Å²) in [6.07, 6.45) is -0.0367. The van der Waals surface area contributed by atoms with Gasteiger partial charge in [-0.15, -0.1) is 0 Å². The Morgan fingerprint density at radius 2 is 1.90 bits per heavy atom. The van der Waals surface area contributed by atoms with E-state index in [1.54, 1.807) is 0 Å². The molecule has 1 aliphatic rings. The van der Waals surface area contributed by atoms with Crippen molar-refractivity contribution < 1.29 is 19.5 Å². The topological polar surface area (TPSA) is 74.7 Å². The fraction of sp³-hybridized carbons (Fsp3) is 0.400. The molecule has 0 aliphatic carbocycles. The molecule has 0 spiro atoms. The van der Waals surface area contributed by atoms with Gasteiger partial charge in [-0.05, 0) is 19.4 Å². The number of carboxylic acids is 1. The molecule has 2 amide bonds. The molecule has 1 fully saturated rings. The smallest absolute Gasteiger partial charge is 0.309 e. The molecule has 5 heteroatoms. The van der Waals surface area contributed by atoms with Crippen LogP contribution in [-0.2, 0) is 20.9 Å². The lowest BCUT2D eigenvalue weighted by Crippen LogP contribution is -2.38. The Bertz CT molecular complexity index is 550. The van der Waals surface area contributed by atoms with Gasteiger partial charge in [0.2, 0.25) is 11.8 Å². The van der Waals surface area contributed by atoms with Crippen LogP contribution in [-0.4, -0.2) is 27.8 Å². The average Bonchev–Trinajstić information content (AvgIpc) is 2.68. The van der Waals surface area contributed by atoms with Crippen LogP contribution in [0.1, 0.15) is 25.8 Å². The summed E-state index contributed by atoms with van der Waals surface area (Å²) in [7, 11) is 0. The number of carbonyl (C=O) groups is 3. The van der Waals surface area contributed by atoms with Crippen molar-refractivity contribution in [2.24, 2.45) is 11.3 Å². The Hall–Kier alpha value is -2.17. The lowest BCUT2D eigenvalue weighted by atomic mass is 9.78. The highest BCUT2D eigenvalue weighted by Gasteiger charge is 2.50. The third-order valence-corrected chi connectivity index (χ3v) is 3.85. The largest absolute Gasteiger partial charge is 0.481 e. The van der Waals surface area contributed by atoms with Gasteiger partial charge in [0.05, 0.1) is 17.9 Å². The number of likely N-dealkylation sites (tertiary alicyclic amines) is 1. The number of carbonyl (C=O) groups excluding carboxylic acids is 2. The predicted octanol–water partition coefficient (Wildman–Crippen LogP) is 1.67. The van der Waals surface area contributed by atoms with Crippen molar-refractivity contribution in [3.8, 4) is 0 Å². The van der Waals surface area contributed by atoms with Crippen LogP contribution in [0.4, 0.5) is 0 Å². The van der Waals surface area contributed by atoms with Crippen LogP contribution >= 0.6 is 0 Å². The zero-order valence-electron chi connectivity index (χ0n) is 11.5. The van der Waals surface area contributed by atoms with Crippen LogP contribution in [0, 0.1) is 11.3 Å². The third kappa shape index (κ3) is 2.43. The second-order valence-electron chi connectivity index (χ2n) is 5.59. The Kier molecular flexibility index (Phi) is 3.61. The zero-order chi connectivity index (χ0) is 14.9. The number of hydrogen-bond donors (Lipinski definition) is 1. The molecular weight excluding hydrogens is 258 g/mol. The van der Waals surface area contributed by atoms with Crippen LogP contribution in [0.3, 0.4) is 0 Å². The van der Waals surface area contributed by atoms with Gasteiger partial charge in [0.15, 0.2) is 0 Å². The van der Waals surface area contributed by atoms with E-state index in [4.69, 9.17) is 0 Å². The van der Waals surface area contributed by atoms with Gasteiger partial charge in [0, 0.05) is 6.42 Å². The van der Waals surface area contributed by atoms with Gasteiger partial charge in [-0.2, -0.15) is 0 Å². The monoisotopic (exact) mass is 275 g/mol. The molecule has 106 valence electrons. The van der Waals surface area contributed by atoms with Gasteiger partial charge < -0.3 is 5.11 Å². The van der Waals surface area contributed by atoms with Gasteiger partial charge in [-0.1, -0.05) is 30.3 Å². The quantitative estimate of drug-likeness (QED) is 0.848. The Morgan fingerprint density at radius 3 is 2.45 bits per heavy atom. The van der Waals surface area contributed by atoms with Crippen LogP contribution in [0.5, 0.6) is 0 Å². The molecule has 0 bridgehead atoms. The maximum atomic E-state index is 12.3. The van der Waals surface area contributed by atoms with Crippen molar-refractivity contribution in [2.45, 2.75) is 26.8 Å². The number of amides is 2. The van der Waals surface area contributed by atoms with Crippen LogP contribution < -0.4 is 0 Å². The Balaban J connectivity index is 2.20. The van der Waals surface area contributed by atoms with Crippen molar-refractivity contribution in [1.29, 1.82) is 0 Å². The molecule has 1 aromatic carbocycles. The predicted molar refractivity (Wildman–Crippen MR) is 71.5 cm³/mol. The molecule has 1 aromatic rings. The van der Waals surface area contributed by atoms with E-state index in [-0.39, 0.29) is 18.9 Å². The summed E-state index contributed by atoms with van der Waals surface area (Å²) < 4.78 is 0. The van der Waals surface area contributed by atoms with Crippen molar-refractivity contribution in [2.75, 3.05) is 0 Å². The molecule has 1 atom stereocenters. The minimum absolute atomic E-state index is 0.0367. The highest BCUT2D eigenvalue weighted by atomic mass is 16.4. The highest BCUT2D eigenvalue weighted by molar-refractivity contribution is 6.05. The van der Waals surface area contributed by atoms with Gasteiger partial charge in [0.1, 0.15) is 0 Å². The summed E-state index contributed by atoms with van der Waals surface area (Å²) >= 11 is 0. The van der Waals surface area contributed by atoms with E-state index in [1.165, 1.54) is 13.8 Å². The van der Waals surface area contributed by atoms with Crippen LogP contribution in [0.25, 0.3) is 0 Å². The highest BCUT2D eigenvalue weighted by Crippen LogP contribution is 2.36. The fourth-order valence-corrected chi connectivity index (χ4v) is 2.33. The molecule has 20 heavy (non-hydrogen) atoms. The zero-order valence-corrected chi connectivity index (χ0v) is 11.5. The molecule has 1 saturated heterocycles. The summed E-state index contributed by atoms with van der Waals surface area (Å²) in [4.78, 5) is 36.7. The summed E-state index contributed by atoms with van der Waals surface area (Å²) in [6, 6.07) is 9.18. The number of nitrogens with zero attached hydrogens (tertiary/aromatic N) is 1. The summed E-state index contributed by atoms with van der Waals surface area (Å²) in [6.45, 7) is 3.17. The third-order valence-electron chi connectivity index (χ3n) is 3.85. The SMILES string of the molecule is CC(C)(C(=O)O)[C@H]1CC(=O)N(Cc2ccccc2)C1=O. The first kappa shape index (κ1) is 14.2. The first-order chi connectivity index (χ1) is 9.34. The van der Waals surface area contributed by atoms with E-state index in [2.05, 4.69) is 0 Å². The van der Waals surface area contributed by atoms with E-state index < -0.39 is 23.2 Å². The second-order valence-corrected chi connectivity index (χ2v) is 5.59. The Morgan fingerprint density at radius 1 is 1.30 bits per heavy atom.